The Labute approximate surface area is 130 Å². The van der Waals surface area contributed by atoms with Gasteiger partial charge in [0.2, 0.25) is 0 Å². The van der Waals surface area contributed by atoms with Gasteiger partial charge >= 0.3 is 12.1 Å². The fourth-order valence-corrected chi connectivity index (χ4v) is 1.74. The van der Waals surface area contributed by atoms with Crippen LogP contribution in [0.3, 0.4) is 0 Å². The van der Waals surface area contributed by atoms with Gasteiger partial charge in [-0.2, -0.15) is 5.26 Å². The zero-order valence-electron chi connectivity index (χ0n) is 13.2. The zero-order valence-corrected chi connectivity index (χ0v) is 13.2. The van der Waals surface area contributed by atoms with Gasteiger partial charge in [0.25, 0.3) is 0 Å². The summed E-state index contributed by atoms with van der Waals surface area (Å²) in [7, 11) is 1.28. The second kappa shape index (κ2) is 7.46. The van der Waals surface area contributed by atoms with Crippen molar-refractivity contribution in [3.05, 3.63) is 35.4 Å². The number of esters is 1. The molecule has 0 saturated heterocycles. The van der Waals surface area contributed by atoms with Crippen LogP contribution in [0.15, 0.2) is 24.3 Å². The maximum Gasteiger partial charge on any atom is 0.408 e. The van der Waals surface area contributed by atoms with Crippen molar-refractivity contribution in [1.29, 1.82) is 5.26 Å². The molecule has 6 heteroatoms. The summed E-state index contributed by atoms with van der Waals surface area (Å²) in [5.74, 6) is -0.453. The molecule has 1 atom stereocenters. The molecule has 1 aromatic carbocycles. The van der Waals surface area contributed by atoms with Crippen molar-refractivity contribution in [2.45, 2.75) is 38.8 Å². The standard InChI is InChI=1S/C16H20N2O4/c1-16(2,3)22-15(20)18-13(9-14(19)21-4)12-7-5-11(10-17)6-8-12/h5-8,13H,9H2,1-4H3,(H,18,20). The summed E-state index contributed by atoms with van der Waals surface area (Å²) >= 11 is 0. The van der Waals surface area contributed by atoms with Crippen molar-refractivity contribution in [2.75, 3.05) is 7.11 Å². The van der Waals surface area contributed by atoms with E-state index in [1.165, 1.54) is 7.11 Å². The molecule has 0 radical (unpaired) electrons. The number of amides is 1. The van der Waals surface area contributed by atoms with Crippen LogP contribution >= 0.6 is 0 Å². The maximum absolute atomic E-state index is 11.9. The average molecular weight is 304 g/mol. The van der Waals surface area contributed by atoms with Gasteiger partial charge in [-0.1, -0.05) is 12.1 Å². The summed E-state index contributed by atoms with van der Waals surface area (Å²) in [6.07, 6.45) is -0.646. The first-order valence-corrected chi connectivity index (χ1v) is 6.81. The Kier molecular flexibility index (Phi) is 5.93. The minimum Gasteiger partial charge on any atom is -0.469 e. The van der Waals surface area contributed by atoms with E-state index in [1.54, 1.807) is 45.0 Å². The summed E-state index contributed by atoms with van der Waals surface area (Å²) < 4.78 is 9.84. The predicted molar refractivity (Wildman–Crippen MR) is 79.9 cm³/mol. The van der Waals surface area contributed by atoms with Crippen LogP contribution in [0.25, 0.3) is 0 Å². The number of nitrogens with one attached hydrogen (secondary N) is 1. The summed E-state index contributed by atoms with van der Waals surface area (Å²) in [6.45, 7) is 5.26. The van der Waals surface area contributed by atoms with Crippen molar-refractivity contribution < 1.29 is 19.1 Å². The van der Waals surface area contributed by atoms with Gasteiger partial charge in [-0.25, -0.2) is 4.79 Å². The minimum atomic E-state index is -0.634. The maximum atomic E-state index is 11.9. The Hall–Kier alpha value is -2.55. The number of alkyl carbamates (subject to hydrolysis) is 1. The quantitative estimate of drug-likeness (QED) is 0.864. The fraction of sp³-hybridized carbons (Fsp3) is 0.438. The summed E-state index contributed by atoms with van der Waals surface area (Å²) in [5, 5.41) is 11.5. The number of nitriles is 1. The van der Waals surface area contributed by atoms with E-state index in [9.17, 15) is 9.59 Å². The number of methoxy groups -OCH3 is 1. The van der Waals surface area contributed by atoms with Crippen LogP contribution in [0.5, 0.6) is 0 Å². The van der Waals surface area contributed by atoms with E-state index < -0.39 is 23.7 Å². The molecule has 6 nitrogen and oxygen atoms in total. The third-order valence-electron chi connectivity index (χ3n) is 2.73. The highest BCUT2D eigenvalue weighted by molar-refractivity contribution is 5.73. The molecule has 0 aliphatic heterocycles. The topological polar surface area (TPSA) is 88.4 Å². The van der Waals surface area contributed by atoms with Crippen LogP contribution in [-0.2, 0) is 14.3 Å². The molecule has 1 aromatic rings. The van der Waals surface area contributed by atoms with Gasteiger partial charge in [0, 0.05) is 0 Å². The third-order valence-corrected chi connectivity index (χ3v) is 2.73. The highest BCUT2D eigenvalue weighted by Crippen LogP contribution is 2.19. The van der Waals surface area contributed by atoms with Gasteiger partial charge in [0.05, 0.1) is 31.2 Å². The lowest BCUT2D eigenvalue weighted by molar-refractivity contribution is -0.141. The van der Waals surface area contributed by atoms with E-state index >= 15 is 0 Å². The Balaban J connectivity index is 2.90. The normalized spacial score (nSPS) is 12.0. The highest BCUT2D eigenvalue weighted by atomic mass is 16.6. The van der Waals surface area contributed by atoms with Crippen LogP contribution < -0.4 is 5.32 Å². The SMILES string of the molecule is COC(=O)CC(NC(=O)OC(C)(C)C)c1ccc(C#N)cc1. The minimum absolute atomic E-state index is 0.0261. The lowest BCUT2D eigenvalue weighted by atomic mass is 10.0. The Morgan fingerprint density at radius 1 is 1.27 bits per heavy atom. The Morgan fingerprint density at radius 3 is 2.32 bits per heavy atom. The number of hydrogen-bond acceptors (Lipinski definition) is 5. The lowest BCUT2D eigenvalue weighted by Crippen LogP contribution is -2.36. The molecule has 1 amide bonds. The molecular weight excluding hydrogens is 284 g/mol. The van der Waals surface area contributed by atoms with Crippen LogP contribution in [0.2, 0.25) is 0 Å². The Bertz CT molecular complexity index is 567. The second-order valence-electron chi connectivity index (χ2n) is 5.71. The molecule has 0 aliphatic rings. The van der Waals surface area contributed by atoms with E-state index in [4.69, 9.17) is 10.00 Å². The summed E-state index contributed by atoms with van der Waals surface area (Å²) in [4.78, 5) is 23.4. The van der Waals surface area contributed by atoms with Gasteiger partial charge in [-0.3, -0.25) is 4.79 Å². The van der Waals surface area contributed by atoms with Crippen LogP contribution in [0.4, 0.5) is 4.79 Å². The number of nitrogens with zero attached hydrogens (tertiary/aromatic N) is 1. The van der Waals surface area contributed by atoms with Gasteiger partial charge in [0.15, 0.2) is 0 Å². The fourth-order valence-electron chi connectivity index (χ4n) is 1.74. The van der Waals surface area contributed by atoms with Crippen molar-refractivity contribution in [2.24, 2.45) is 0 Å². The Morgan fingerprint density at radius 2 is 1.86 bits per heavy atom. The molecular formula is C16H20N2O4. The molecule has 0 aliphatic carbocycles. The third kappa shape index (κ3) is 5.83. The highest BCUT2D eigenvalue weighted by Gasteiger charge is 2.22. The van der Waals surface area contributed by atoms with Crippen molar-refractivity contribution in [1.82, 2.24) is 5.32 Å². The number of carbonyl (C=O) groups is 2. The molecule has 0 heterocycles. The summed E-state index contributed by atoms with van der Waals surface area (Å²) in [5.41, 5.74) is 0.554. The van der Waals surface area contributed by atoms with E-state index in [1.807, 2.05) is 6.07 Å². The zero-order chi connectivity index (χ0) is 16.8. The molecule has 0 spiro atoms. The second-order valence-corrected chi connectivity index (χ2v) is 5.71. The van der Waals surface area contributed by atoms with Gasteiger partial charge in [0.1, 0.15) is 5.60 Å². The monoisotopic (exact) mass is 304 g/mol. The molecule has 1 N–H and O–H groups in total. The van der Waals surface area contributed by atoms with E-state index in [0.717, 1.165) is 0 Å². The molecule has 0 bridgehead atoms. The van der Waals surface area contributed by atoms with Crippen LogP contribution in [-0.4, -0.2) is 24.8 Å². The van der Waals surface area contributed by atoms with Gasteiger partial charge < -0.3 is 14.8 Å². The molecule has 1 rings (SSSR count). The van der Waals surface area contributed by atoms with Crippen LogP contribution in [0, 0.1) is 11.3 Å². The number of carbonyl (C=O) groups excluding carboxylic acids is 2. The number of benzene rings is 1. The first kappa shape index (κ1) is 17.5. The predicted octanol–water partition coefficient (Wildman–Crippen LogP) is 2.69. The first-order valence-electron chi connectivity index (χ1n) is 6.81. The van der Waals surface area contributed by atoms with Crippen molar-refractivity contribution >= 4 is 12.1 Å². The molecule has 0 saturated carbocycles. The average Bonchev–Trinajstić information content (AvgIpc) is 2.44. The largest absolute Gasteiger partial charge is 0.469 e. The van der Waals surface area contributed by atoms with E-state index in [0.29, 0.717) is 11.1 Å². The molecule has 118 valence electrons. The summed E-state index contributed by atoms with van der Waals surface area (Å²) in [6, 6.07) is 8.04. The number of rotatable bonds is 4. The van der Waals surface area contributed by atoms with Crippen molar-refractivity contribution in [3.63, 3.8) is 0 Å². The van der Waals surface area contributed by atoms with Gasteiger partial charge in [-0.05, 0) is 38.5 Å². The molecule has 22 heavy (non-hydrogen) atoms. The molecule has 0 fully saturated rings. The van der Waals surface area contributed by atoms with E-state index in [-0.39, 0.29) is 6.42 Å². The number of ether oxygens (including phenoxy) is 2. The van der Waals surface area contributed by atoms with Gasteiger partial charge in [-0.15, -0.1) is 0 Å². The van der Waals surface area contributed by atoms with Crippen LogP contribution in [0.1, 0.15) is 44.4 Å². The molecule has 1 unspecified atom stereocenters. The lowest BCUT2D eigenvalue weighted by Gasteiger charge is -2.23. The van der Waals surface area contributed by atoms with Crippen molar-refractivity contribution in [3.8, 4) is 6.07 Å². The molecule has 0 aromatic heterocycles. The first-order chi connectivity index (χ1) is 10.2. The van der Waals surface area contributed by atoms with E-state index in [2.05, 4.69) is 10.1 Å². The smallest absolute Gasteiger partial charge is 0.408 e. The number of hydrogen-bond donors (Lipinski definition) is 1.